The van der Waals surface area contributed by atoms with Crippen molar-refractivity contribution in [2.45, 2.75) is 30.5 Å². The first-order valence-corrected chi connectivity index (χ1v) is 7.66. The summed E-state index contributed by atoms with van der Waals surface area (Å²) in [6.07, 6.45) is 0.368. The van der Waals surface area contributed by atoms with E-state index in [2.05, 4.69) is 10.3 Å². The first kappa shape index (κ1) is 15.4. The largest absolute Gasteiger partial charge is 0.401 e. The zero-order chi connectivity index (χ0) is 14.8. The number of thioether (sulfide) groups is 1. The monoisotopic (exact) mass is 305 g/mol. The number of aromatic nitrogens is 1. The fourth-order valence-electron chi connectivity index (χ4n) is 2.36. The number of pyridine rings is 1. The quantitative estimate of drug-likeness (QED) is 0.865. The minimum Gasteiger partial charge on any atom is -0.366 e. The van der Waals surface area contributed by atoms with Crippen molar-refractivity contribution in [3.8, 4) is 0 Å². The molecule has 1 N–H and O–H groups in total. The number of hydrogen-bond acceptors (Lipinski definition) is 4. The second kappa shape index (κ2) is 6.22. The number of rotatable bonds is 4. The topological polar surface area (TPSA) is 28.2 Å². The van der Waals surface area contributed by atoms with E-state index < -0.39 is 12.7 Å². The van der Waals surface area contributed by atoms with Crippen molar-refractivity contribution in [3.63, 3.8) is 0 Å². The third-order valence-electron chi connectivity index (χ3n) is 3.30. The lowest BCUT2D eigenvalue weighted by atomic mass is 10.2. The molecule has 2 heterocycles. The molecule has 0 spiro atoms. The van der Waals surface area contributed by atoms with Gasteiger partial charge < -0.3 is 5.32 Å². The van der Waals surface area contributed by atoms with E-state index in [4.69, 9.17) is 0 Å². The summed E-state index contributed by atoms with van der Waals surface area (Å²) in [5, 5.41) is 3.23. The van der Waals surface area contributed by atoms with Crippen molar-refractivity contribution in [3.05, 3.63) is 17.8 Å². The summed E-state index contributed by atoms with van der Waals surface area (Å²) >= 11 is 1.64. The van der Waals surface area contributed by atoms with Crippen molar-refractivity contribution in [2.24, 2.45) is 0 Å². The Kier molecular flexibility index (Phi) is 4.80. The summed E-state index contributed by atoms with van der Waals surface area (Å²) in [7, 11) is 0. The maximum atomic E-state index is 12.3. The number of nitrogens with one attached hydrogen (secondary N) is 1. The second-order valence-corrected chi connectivity index (χ2v) is 5.87. The molecule has 0 bridgehead atoms. The van der Waals surface area contributed by atoms with E-state index in [-0.39, 0.29) is 6.04 Å². The molecular formula is C13H18F3N3S. The van der Waals surface area contributed by atoms with E-state index in [0.717, 1.165) is 16.3 Å². The number of anilines is 1. The van der Waals surface area contributed by atoms with Crippen molar-refractivity contribution in [1.29, 1.82) is 0 Å². The number of aryl methyl sites for hydroxylation is 1. The molecule has 1 aromatic rings. The van der Waals surface area contributed by atoms with Crippen LogP contribution in [0.15, 0.2) is 17.2 Å². The molecule has 112 valence electrons. The molecule has 1 aromatic heterocycles. The van der Waals surface area contributed by atoms with Crippen molar-refractivity contribution in [1.82, 2.24) is 9.88 Å². The Morgan fingerprint density at radius 3 is 2.90 bits per heavy atom. The predicted octanol–water partition coefficient (Wildman–Crippen LogP) is 3.16. The number of nitrogens with zero attached hydrogens (tertiary/aromatic N) is 2. The molecule has 7 heteroatoms. The maximum Gasteiger partial charge on any atom is 0.401 e. The summed E-state index contributed by atoms with van der Waals surface area (Å²) in [5.41, 5.74) is 1.10. The molecule has 0 radical (unpaired) electrons. The van der Waals surface area contributed by atoms with E-state index in [9.17, 15) is 13.2 Å². The number of halogens is 3. The highest BCUT2D eigenvalue weighted by atomic mass is 32.2. The lowest BCUT2D eigenvalue weighted by molar-refractivity contribution is -0.143. The average Bonchev–Trinajstić information content (AvgIpc) is 2.76. The van der Waals surface area contributed by atoms with Crippen LogP contribution in [0, 0.1) is 6.92 Å². The third-order valence-corrected chi connectivity index (χ3v) is 4.18. The van der Waals surface area contributed by atoms with Gasteiger partial charge in [0.15, 0.2) is 0 Å². The van der Waals surface area contributed by atoms with Crippen molar-refractivity contribution >= 4 is 17.6 Å². The van der Waals surface area contributed by atoms with Gasteiger partial charge in [-0.3, -0.25) is 4.90 Å². The molecule has 0 aliphatic carbocycles. The van der Waals surface area contributed by atoms with E-state index in [1.807, 2.05) is 19.2 Å². The molecule has 1 atom stereocenters. The van der Waals surface area contributed by atoms with Gasteiger partial charge >= 0.3 is 6.18 Å². The molecule has 2 rings (SSSR count). The average molecular weight is 305 g/mol. The third kappa shape index (κ3) is 4.28. The first-order chi connectivity index (χ1) is 9.37. The SMILES string of the molecule is CSc1cc(NC2CCN(CC(F)(F)F)C2)ncc1C. The van der Waals surface area contributed by atoms with Gasteiger partial charge in [-0.05, 0) is 31.2 Å². The number of likely N-dealkylation sites (tertiary alicyclic amines) is 1. The zero-order valence-electron chi connectivity index (χ0n) is 11.5. The molecule has 1 fully saturated rings. The van der Waals surface area contributed by atoms with E-state index >= 15 is 0 Å². The normalized spacial score (nSPS) is 20.4. The molecule has 3 nitrogen and oxygen atoms in total. The van der Waals surface area contributed by atoms with Crippen LogP contribution >= 0.6 is 11.8 Å². The van der Waals surface area contributed by atoms with Crippen LogP contribution in [0.2, 0.25) is 0 Å². The predicted molar refractivity (Wildman–Crippen MR) is 75.3 cm³/mol. The molecule has 0 aromatic carbocycles. The van der Waals surface area contributed by atoms with Crippen LogP contribution in [0.3, 0.4) is 0 Å². The number of alkyl halides is 3. The van der Waals surface area contributed by atoms with Crippen LogP contribution in [0.4, 0.5) is 19.0 Å². The van der Waals surface area contributed by atoms with Gasteiger partial charge in [0.1, 0.15) is 5.82 Å². The number of hydrogen-bond donors (Lipinski definition) is 1. The standard InChI is InChI=1S/C13H18F3N3S/c1-9-6-17-12(5-11(9)20-2)18-10-3-4-19(7-10)8-13(14,15)16/h5-6,10H,3-4,7-8H2,1-2H3,(H,17,18). The summed E-state index contributed by atoms with van der Waals surface area (Å²) in [5.74, 6) is 0.735. The van der Waals surface area contributed by atoms with Crippen LogP contribution in [0.25, 0.3) is 0 Å². The molecule has 1 saturated heterocycles. The highest BCUT2D eigenvalue weighted by Crippen LogP contribution is 2.24. The van der Waals surface area contributed by atoms with Crippen LogP contribution < -0.4 is 5.32 Å². The van der Waals surface area contributed by atoms with Gasteiger partial charge in [0.25, 0.3) is 0 Å². The summed E-state index contributed by atoms with van der Waals surface area (Å²) in [4.78, 5) is 6.85. The van der Waals surface area contributed by atoms with Gasteiger partial charge in [0.2, 0.25) is 0 Å². The lowest BCUT2D eigenvalue weighted by Crippen LogP contribution is -2.34. The van der Waals surface area contributed by atoms with Gasteiger partial charge in [-0.1, -0.05) is 0 Å². The Morgan fingerprint density at radius 2 is 2.25 bits per heavy atom. The van der Waals surface area contributed by atoms with E-state index in [0.29, 0.717) is 19.5 Å². The maximum absolute atomic E-state index is 12.3. The Balaban J connectivity index is 1.92. The van der Waals surface area contributed by atoms with E-state index in [1.165, 1.54) is 4.90 Å². The highest BCUT2D eigenvalue weighted by molar-refractivity contribution is 7.98. The van der Waals surface area contributed by atoms with Gasteiger partial charge in [-0.25, -0.2) is 4.98 Å². The first-order valence-electron chi connectivity index (χ1n) is 6.43. The Bertz CT molecular complexity index is 465. The summed E-state index contributed by atoms with van der Waals surface area (Å²) < 4.78 is 37.0. The lowest BCUT2D eigenvalue weighted by Gasteiger charge is -2.18. The molecule has 1 aliphatic rings. The smallest absolute Gasteiger partial charge is 0.366 e. The molecule has 20 heavy (non-hydrogen) atoms. The Morgan fingerprint density at radius 1 is 1.50 bits per heavy atom. The Hall–Kier alpha value is -0.950. The van der Waals surface area contributed by atoms with Gasteiger partial charge in [-0.15, -0.1) is 11.8 Å². The minimum atomic E-state index is -4.12. The summed E-state index contributed by atoms with van der Waals surface area (Å²) in [6, 6.07) is 1.98. The van der Waals surface area contributed by atoms with Crippen LogP contribution in [0.1, 0.15) is 12.0 Å². The van der Waals surface area contributed by atoms with Crippen molar-refractivity contribution in [2.75, 3.05) is 31.2 Å². The van der Waals surface area contributed by atoms with Gasteiger partial charge in [-0.2, -0.15) is 13.2 Å². The van der Waals surface area contributed by atoms with Crippen LogP contribution in [0.5, 0.6) is 0 Å². The molecular weight excluding hydrogens is 287 g/mol. The minimum absolute atomic E-state index is 0.0299. The van der Waals surface area contributed by atoms with Crippen molar-refractivity contribution < 1.29 is 13.2 Å². The Labute approximate surface area is 120 Å². The molecule has 1 unspecified atom stereocenters. The van der Waals surface area contributed by atoms with Gasteiger partial charge in [0.05, 0.1) is 6.54 Å². The summed E-state index contributed by atoms with van der Waals surface area (Å²) in [6.45, 7) is 2.04. The van der Waals surface area contributed by atoms with E-state index in [1.54, 1.807) is 18.0 Å². The highest BCUT2D eigenvalue weighted by Gasteiger charge is 2.34. The molecule has 1 aliphatic heterocycles. The second-order valence-electron chi connectivity index (χ2n) is 5.02. The van der Waals surface area contributed by atoms with Crippen LogP contribution in [-0.4, -0.2) is 48.0 Å². The fourth-order valence-corrected chi connectivity index (χ4v) is 2.97. The van der Waals surface area contributed by atoms with Gasteiger partial charge in [0, 0.05) is 30.2 Å². The zero-order valence-corrected chi connectivity index (χ0v) is 12.3. The fraction of sp³-hybridized carbons (Fsp3) is 0.615. The van der Waals surface area contributed by atoms with Crippen LogP contribution in [-0.2, 0) is 0 Å². The molecule has 0 amide bonds. The molecule has 0 saturated carbocycles.